The van der Waals surface area contributed by atoms with Gasteiger partial charge in [0.05, 0.1) is 0 Å². The highest BCUT2D eigenvalue weighted by Crippen LogP contribution is 2.32. The molecule has 0 aromatic carbocycles. The van der Waals surface area contributed by atoms with Crippen molar-refractivity contribution >= 4 is 15.9 Å². The van der Waals surface area contributed by atoms with Crippen LogP contribution in [0, 0.1) is 5.41 Å². The maximum atomic E-state index is 3.71. The Labute approximate surface area is 98.4 Å². The summed E-state index contributed by atoms with van der Waals surface area (Å²) in [6.45, 7) is 9.20. The summed E-state index contributed by atoms with van der Waals surface area (Å²) in [6.07, 6.45) is 5.28. The summed E-state index contributed by atoms with van der Waals surface area (Å²) in [5, 5.41) is 1.14. The molecule has 0 aromatic heterocycles. The summed E-state index contributed by atoms with van der Waals surface area (Å²) in [5.74, 6) is 0. The molecule has 0 heterocycles. The van der Waals surface area contributed by atoms with E-state index in [-0.39, 0.29) is 0 Å². The van der Waals surface area contributed by atoms with Gasteiger partial charge in [0.2, 0.25) is 0 Å². The molecular weight excluding hydrogens is 238 g/mol. The van der Waals surface area contributed by atoms with Crippen LogP contribution in [0.1, 0.15) is 46.5 Å². The van der Waals surface area contributed by atoms with Gasteiger partial charge < -0.3 is 4.90 Å². The van der Waals surface area contributed by atoms with E-state index < -0.39 is 0 Å². The Balaban J connectivity index is 4.31. The highest BCUT2D eigenvalue weighted by Gasteiger charge is 2.27. The van der Waals surface area contributed by atoms with Crippen LogP contribution in [0.3, 0.4) is 0 Å². The van der Waals surface area contributed by atoms with Crippen molar-refractivity contribution in [2.24, 2.45) is 5.41 Å². The van der Waals surface area contributed by atoms with Gasteiger partial charge in [-0.25, -0.2) is 0 Å². The molecule has 0 radical (unpaired) electrons. The zero-order valence-corrected chi connectivity index (χ0v) is 11.9. The minimum absolute atomic E-state index is 0.508. The molecule has 0 unspecified atom stereocenters. The van der Waals surface area contributed by atoms with Crippen molar-refractivity contribution in [3.05, 3.63) is 0 Å². The van der Waals surface area contributed by atoms with Crippen molar-refractivity contribution in [2.75, 3.05) is 25.5 Å². The lowest BCUT2D eigenvalue weighted by Crippen LogP contribution is -2.37. The first-order valence-electron chi connectivity index (χ1n) is 5.88. The first kappa shape index (κ1) is 14.4. The van der Waals surface area contributed by atoms with Gasteiger partial charge in [-0.05, 0) is 31.8 Å². The number of alkyl halides is 1. The van der Waals surface area contributed by atoms with Gasteiger partial charge in [-0.2, -0.15) is 0 Å². The number of nitrogens with zero attached hydrogens (tertiary/aromatic N) is 1. The fourth-order valence-electron chi connectivity index (χ4n) is 2.20. The van der Waals surface area contributed by atoms with Crippen LogP contribution in [-0.2, 0) is 0 Å². The van der Waals surface area contributed by atoms with Crippen LogP contribution in [0.15, 0.2) is 0 Å². The van der Waals surface area contributed by atoms with Crippen molar-refractivity contribution in [2.45, 2.75) is 46.5 Å². The van der Waals surface area contributed by atoms with Crippen molar-refractivity contribution in [1.82, 2.24) is 4.90 Å². The fraction of sp³-hybridized carbons (Fsp3) is 1.00. The maximum Gasteiger partial charge on any atom is 0.0100 e. The van der Waals surface area contributed by atoms with E-state index in [1.54, 1.807) is 0 Å². The molecule has 0 aliphatic carbocycles. The molecule has 1 nitrogen and oxygen atoms in total. The molecule has 0 aliphatic rings. The van der Waals surface area contributed by atoms with Crippen molar-refractivity contribution < 1.29 is 0 Å². The van der Waals surface area contributed by atoms with Crippen LogP contribution in [-0.4, -0.2) is 30.4 Å². The second-order valence-corrected chi connectivity index (χ2v) is 5.02. The van der Waals surface area contributed by atoms with Crippen LogP contribution < -0.4 is 0 Å². The van der Waals surface area contributed by atoms with E-state index in [1.165, 1.54) is 32.2 Å². The molecule has 0 bridgehead atoms. The molecule has 0 spiro atoms. The topological polar surface area (TPSA) is 3.24 Å². The van der Waals surface area contributed by atoms with Crippen LogP contribution in [0.5, 0.6) is 0 Å². The number of hydrogen-bond acceptors (Lipinski definition) is 1. The molecular formula is C12H26BrN. The number of rotatable bonds is 8. The molecule has 86 valence electrons. The summed E-state index contributed by atoms with van der Waals surface area (Å²) in [4.78, 5) is 2.44. The average Bonchev–Trinajstić information content (AvgIpc) is 2.18. The van der Waals surface area contributed by atoms with Crippen molar-refractivity contribution in [1.29, 1.82) is 0 Å². The predicted octanol–water partition coefficient (Wildman–Crippen LogP) is 3.92. The normalized spacial score (nSPS) is 12.4. The Hall–Kier alpha value is 0.440. The van der Waals surface area contributed by atoms with Gasteiger partial charge in [0, 0.05) is 11.9 Å². The van der Waals surface area contributed by atoms with Crippen molar-refractivity contribution in [3.8, 4) is 0 Å². The summed E-state index contributed by atoms with van der Waals surface area (Å²) in [7, 11) is 2.22. The number of hydrogen-bond donors (Lipinski definition) is 0. The first-order chi connectivity index (χ1) is 6.64. The zero-order chi connectivity index (χ0) is 11.0. The lowest BCUT2D eigenvalue weighted by molar-refractivity contribution is 0.176. The Morgan fingerprint density at radius 3 is 1.86 bits per heavy atom. The second-order valence-electron chi connectivity index (χ2n) is 4.46. The van der Waals surface area contributed by atoms with Gasteiger partial charge in [-0.3, -0.25) is 0 Å². The van der Waals surface area contributed by atoms with E-state index in [1.807, 2.05) is 0 Å². The minimum Gasteiger partial charge on any atom is -0.306 e. The quantitative estimate of drug-likeness (QED) is 0.601. The smallest absolute Gasteiger partial charge is 0.0100 e. The monoisotopic (exact) mass is 263 g/mol. The largest absolute Gasteiger partial charge is 0.306 e. The molecule has 0 aromatic rings. The van der Waals surface area contributed by atoms with E-state index >= 15 is 0 Å². The lowest BCUT2D eigenvalue weighted by Gasteiger charge is -2.35. The third kappa shape index (κ3) is 4.79. The van der Waals surface area contributed by atoms with Crippen LogP contribution >= 0.6 is 15.9 Å². The molecule has 0 N–H and O–H groups in total. The molecule has 0 atom stereocenters. The minimum atomic E-state index is 0.508. The summed E-state index contributed by atoms with van der Waals surface area (Å²) >= 11 is 3.71. The first-order valence-corrected chi connectivity index (χ1v) is 7.00. The summed E-state index contributed by atoms with van der Waals surface area (Å²) in [6, 6.07) is 0. The SMILES string of the molecule is CCCC(CBr)(CCC)CN(C)CC. The highest BCUT2D eigenvalue weighted by molar-refractivity contribution is 9.09. The molecule has 0 amide bonds. The standard InChI is InChI=1S/C12H26BrN/c1-5-8-12(10-13,9-6-2)11-14(4)7-3/h5-11H2,1-4H3. The second kappa shape index (κ2) is 7.70. The van der Waals surface area contributed by atoms with Gasteiger partial charge in [0.15, 0.2) is 0 Å². The lowest BCUT2D eigenvalue weighted by atomic mass is 9.81. The molecule has 0 fully saturated rings. The van der Waals surface area contributed by atoms with Crippen LogP contribution in [0.25, 0.3) is 0 Å². The van der Waals surface area contributed by atoms with E-state index in [0.29, 0.717) is 5.41 Å². The molecule has 14 heavy (non-hydrogen) atoms. The molecule has 0 saturated carbocycles. The highest BCUT2D eigenvalue weighted by atomic mass is 79.9. The van der Waals surface area contributed by atoms with E-state index in [4.69, 9.17) is 0 Å². The molecule has 2 heteroatoms. The Morgan fingerprint density at radius 2 is 1.57 bits per heavy atom. The van der Waals surface area contributed by atoms with Crippen molar-refractivity contribution in [3.63, 3.8) is 0 Å². The van der Waals surface area contributed by atoms with Crippen LogP contribution in [0.2, 0.25) is 0 Å². The Kier molecular flexibility index (Phi) is 7.94. The predicted molar refractivity (Wildman–Crippen MR) is 69.2 cm³/mol. The van der Waals surface area contributed by atoms with E-state index in [2.05, 4.69) is 48.6 Å². The van der Waals surface area contributed by atoms with Crippen LogP contribution in [0.4, 0.5) is 0 Å². The molecule has 0 saturated heterocycles. The summed E-state index contributed by atoms with van der Waals surface area (Å²) in [5.41, 5.74) is 0.508. The van der Waals surface area contributed by atoms with E-state index in [9.17, 15) is 0 Å². The van der Waals surface area contributed by atoms with Gasteiger partial charge in [-0.15, -0.1) is 0 Å². The molecule has 0 rings (SSSR count). The fourth-order valence-corrected chi connectivity index (χ4v) is 2.94. The molecule has 0 aliphatic heterocycles. The third-order valence-electron chi connectivity index (χ3n) is 2.99. The summed E-state index contributed by atoms with van der Waals surface area (Å²) < 4.78 is 0. The van der Waals surface area contributed by atoms with Gasteiger partial charge >= 0.3 is 0 Å². The average molecular weight is 264 g/mol. The van der Waals surface area contributed by atoms with Gasteiger partial charge in [-0.1, -0.05) is 49.5 Å². The Bertz CT molecular complexity index is 130. The Morgan fingerprint density at radius 1 is 1.07 bits per heavy atom. The zero-order valence-electron chi connectivity index (χ0n) is 10.3. The van der Waals surface area contributed by atoms with Gasteiger partial charge in [0.1, 0.15) is 0 Å². The maximum absolute atomic E-state index is 3.71. The third-order valence-corrected chi connectivity index (χ3v) is 4.18. The van der Waals surface area contributed by atoms with Gasteiger partial charge in [0.25, 0.3) is 0 Å². The number of halogens is 1. The van der Waals surface area contributed by atoms with E-state index in [0.717, 1.165) is 11.9 Å².